The van der Waals surface area contributed by atoms with E-state index in [1.807, 2.05) is 22.1 Å². The first-order valence-electron chi connectivity index (χ1n) is 7.94. The van der Waals surface area contributed by atoms with Crippen LogP contribution in [0.25, 0.3) is 10.7 Å². The average molecular weight is 427 g/mol. The normalized spacial score (nSPS) is 10.9. The molecule has 0 atom stereocenters. The van der Waals surface area contributed by atoms with E-state index >= 15 is 0 Å². The van der Waals surface area contributed by atoms with Gasteiger partial charge < -0.3 is 9.88 Å². The lowest BCUT2D eigenvalue weighted by Gasteiger charge is -2.10. The highest BCUT2D eigenvalue weighted by atomic mass is 35.5. The first-order valence-corrected chi connectivity index (χ1v) is 10.6. The molecule has 3 aromatic rings. The number of hydrogen-bond donors (Lipinski definition) is 1. The summed E-state index contributed by atoms with van der Waals surface area (Å²) in [6.07, 6.45) is 0.950. The molecule has 0 saturated carbocycles. The Labute approximate surface area is 169 Å². The number of benzene rings is 1. The van der Waals surface area contributed by atoms with Crippen molar-refractivity contribution in [2.75, 3.05) is 11.1 Å². The van der Waals surface area contributed by atoms with E-state index in [2.05, 4.69) is 22.4 Å². The number of nitrogens with zero attached hydrogens (tertiary/aromatic N) is 3. The van der Waals surface area contributed by atoms with E-state index in [-0.39, 0.29) is 11.7 Å². The molecule has 1 amide bonds. The van der Waals surface area contributed by atoms with Crippen molar-refractivity contribution in [2.24, 2.45) is 0 Å². The molecule has 0 radical (unpaired) electrons. The maximum atomic E-state index is 12.3. The quantitative estimate of drug-likeness (QED) is 0.509. The molecule has 0 aliphatic rings. The molecule has 1 N–H and O–H groups in total. The Kier molecular flexibility index (Phi) is 6.58. The number of carbonyl (C=O) groups excluding carboxylic acids is 1. The zero-order valence-corrected chi connectivity index (χ0v) is 17.1. The van der Waals surface area contributed by atoms with Gasteiger partial charge in [0.15, 0.2) is 11.0 Å². The summed E-state index contributed by atoms with van der Waals surface area (Å²) in [5.74, 6) is 0.820. The molecule has 2 aromatic heterocycles. The predicted octanol–water partition coefficient (Wildman–Crippen LogP) is 5.45. The Bertz CT molecular complexity index is 876. The largest absolute Gasteiger partial charge is 0.323 e. The van der Waals surface area contributed by atoms with E-state index in [1.54, 1.807) is 29.5 Å². The summed E-state index contributed by atoms with van der Waals surface area (Å²) in [6, 6.07) is 9.09. The maximum Gasteiger partial charge on any atom is 0.234 e. The van der Waals surface area contributed by atoms with Crippen LogP contribution in [0.5, 0.6) is 0 Å². The highest BCUT2D eigenvalue weighted by Crippen LogP contribution is 2.31. The van der Waals surface area contributed by atoms with Crippen LogP contribution in [-0.4, -0.2) is 26.4 Å². The standard InChI is InChI=1S/C17H16Cl2N4OS2/c1-2-8-23-16(13-7-4-9-25-13)21-22-17(23)26-10-14(24)20-15-11(18)5-3-6-12(15)19/h3-7,9H,2,8,10H2,1H3,(H,20,24). The van der Waals surface area contributed by atoms with Crippen molar-refractivity contribution in [2.45, 2.75) is 25.0 Å². The molecule has 0 aliphatic heterocycles. The number of nitrogens with one attached hydrogen (secondary N) is 1. The number of halogens is 2. The first kappa shape index (κ1) is 19.2. The fraction of sp³-hybridized carbons (Fsp3) is 0.235. The minimum Gasteiger partial charge on any atom is -0.323 e. The average Bonchev–Trinajstić information content (AvgIpc) is 3.26. The van der Waals surface area contributed by atoms with Crippen LogP contribution < -0.4 is 5.32 Å². The van der Waals surface area contributed by atoms with Crippen molar-refractivity contribution in [3.63, 3.8) is 0 Å². The van der Waals surface area contributed by atoms with Gasteiger partial charge in [-0.05, 0) is 30.0 Å². The Morgan fingerprint density at radius 2 is 2.00 bits per heavy atom. The van der Waals surface area contributed by atoms with Crippen molar-refractivity contribution in [1.82, 2.24) is 14.8 Å². The Morgan fingerprint density at radius 3 is 2.65 bits per heavy atom. The lowest BCUT2D eigenvalue weighted by molar-refractivity contribution is -0.113. The molecule has 0 spiro atoms. The summed E-state index contributed by atoms with van der Waals surface area (Å²) in [5.41, 5.74) is 0.427. The van der Waals surface area contributed by atoms with Crippen molar-refractivity contribution >= 4 is 57.9 Å². The van der Waals surface area contributed by atoms with Gasteiger partial charge in [-0.15, -0.1) is 21.5 Å². The Hall–Kier alpha value is -1.54. The molecule has 0 fully saturated rings. The Morgan fingerprint density at radius 1 is 1.23 bits per heavy atom. The van der Waals surface area contributed by atoms with E-state index in [9.17, 15) is 4.79 Å². The number of thioether (sulfide) groups is 1. The van der Waals surface area contributed by atoms with E-state index in [4.69, 9.17) is 23.2 Å². The van der Waals surface area contributed by atoms with Crippen molar-refractivity contribution < 1.29 is 4.79 Å². The van der Waals surface area contributed by atoms with E-state index in [0.717, 1.165) is 28.8 Å². The number of hydrogen-bond acceptors (Lipinski definition) is 5. The van der Waals surface area contributed by atoms with Crippen LogP contribution >= 0.6 is 46.3 Å². The van der Waals surface area contributed by atoms with Gasteiger partial charge >= 0.3 is 0 Å². The molecule has 0 unspecified atom stereocenters. The molecular formula is C17H16Cl2N4OS2. The highest BCUT2D eigenvalue weighted by molar-refractivity contribution is 7.99. The number of aromatic nitrogens is 3. The van der Waals surface area contributed by atoms with Gasteiger partial charge in [-0.3, -0.25) is 4.79 Å². The van der Waals surface area contributed by atoms with Crippen LogP contribution in [0.3, 0.4) is 0 Å². The molecule has 3 rings (SSSR count). The second-order valence-electron chi connectivity index (χ2n) is 5.37. The summed E-state index contributed by atoms with van der Waals surface area (Å²) >= 11 is 15.1. The van der Waals surface area contributed by atoms with Crippen LogP contribution in [0.4, 0.5) is 5.69 Å². The van der Waals surface area contributed by atoms with Crippen molar-refractivity contribution in [1.29, 1.82) is 0 Å². The van der Waals surface area contributed by atoms with Crippen LogP contribution in [0, 0.1) is 0 Å². The molecule has 2 heterocycles. The Balaban J connectivity index is 1.70. The van der Waals surface area contributed by atoms with E-state index < -0.39 is 0 Å². The molecule has 26 heavy (non-hydrogen) atoms. The minimum absolute atomic E-state index is 0.188. The molecular weight excluding hydrogens is 411 g/mol. The lowest BCUT2D eigenvalue weighted by Crippen LogP contribution is -2.15. The zero-order chi connectivity index (χ0) is 18.5. The lowest BCUT2D eigenvalue weighted by atomic mass is 10.3. The van der Waals surface area contributed by atoms with Gasteiger partial charge in [-0.25, -0.2) is 0 Å². The summed E-state index contributed by atoms with van der Waals surface area (Å²) in [5, 5.41) is 14.8. The number of anilines is 1. The number of rotatable bonds is 7. The summed E-state index contributed by atoms with van der Waals surface area (Å²) < 4.78 is 2.05. The third-order valence-electron chi connectivity index (χ3n) is 3.47. The predicted molar refractivity (Wildman–Crippen MR) is 109 cm³/mol. The summed E-state index contributed by atoms with van der Waals surface area (Å²) in [4.78, 5) is 13.4. The molecule has 136 valence electrons. The van der Waals surface area contributed by atoms with Gasteiger partial charge in [0.25, 0.3) is 0 Å². The first-order chi connectivity index (χ1) is 12.6. The van der Waals surface area contributed by atoms with Gasteiger partial charge in [-0.2, -0.15) is 0 Å². The summed E-state index contributed by atoms with van der Waals surface area (Å²) in [6.45, 7) is 2.89. The fourth-order valence-electron chi connectivity index (χ4n) is 2.33. The van der Waals surface area contributed by atoms with Crippen LogP contribution in [0.2, 0.25) is 10.0 Å². The molecule has 0 aliphatic carbocycles. The molecule has 1 aromatic carbocycles. The maximum absolute atomic E-state index is 12.3. The van der Waals surface area contributed by atoms with E-state index in [0.29, 0.717) is 15.7 Å². The minimum atomic E-state index is -0.200. The zero-order valence-electron chi connectivity index (χ0n) is 13.9. The van der Waals surface area contributed by atoms with Gasteiger partial charge in [0.1, 0.15) is 0 Å². The topological polar surface area (TPSA) is 59.8 Å². The third-order valence-corrected chi connectivity index (χ3v) is 5.93. The number of thiophene rings is 1. The molecule has 0 bridgehead atoms. The molecule has 0 saturated heterocycles. The van der Waals surface area contributed by atoms with Gasteiger partial charge in [-0.1, -0.05) is 54.0 Å². The smallest absolute Gasteiger partial charge is 0.234 e. The van der Waals surface area contributed by atoms with Crippen LogP contribution in [0.1, 0.15) is 13.3 Å². The van der Waals surface area contributed by atoms with Crippen LogP contribution in [0.15, 0.2) is 40.9 Å². The molecule has 5 nitrogen and oxygen atoms in total. The number of amides is 1. The summed E-state index contributed by atoms with van der Waals surface area (Å²) in [7, 11) is 0. The second kappa shape index (κ2) is 8.90. The van der Waals surface area contributed by atoms with E-state index in [1.165, 1.54) is 11.8 Å². The number of carbonyl (C=O) groups is 1. The highest BCUT2D eigenvalue weighted by Gasteiger charge is 2.16. The van der Waals surface area contributed by atoms with Crippen molar-refractivity contribution in [3.8, 4) is 10.7 Å². The second-order valence-corrected chi connectivity index (χ2v) is 8.07. The monoisotopic (exact) mass is 426 g/mol. The van der Waals surface area contributed by atoms with Gasteiger partial charge in [0.2, 0.25) is 5.91 Å². The van der Waals surface area contributed by atoms with Crippen LogP contribution in [-0.2, 0) is 11.3 Å². The van der Waals surface area contributed by atoms with Gasteiger partial charge in [0, 0.05) is 6.54 Å². The van der Waals surface area contributed by atoms with Gasteiger partial charge in [0.05, 0.1) is 26.4 Å². The third kappa shape index (κ3) is 4.40. The SMILES string of the molecule is CCCn1c(SCC(=O)Nc2c(Cl)cccc2Cl)nnc1-c1cccs1. The molecule has 9 heteroatoms. The fourth-order valence-corrected chi connectivity index (χ4v) is 4.31. The number of para-hydroxylation sites is 1. The van der Waals surface area contributed by atoms with Crippen molar-refractivity contribution in [3.05, 3.63) is 45.8 Å².